The highest BCUT2D eigenvalue weighted by Crippen LogP contribution is 2.53. The second kappa shape index (κ2) is 8.69. The molecule has 0 radical (unpaired) electrons. The Hall–Kier alpha value is -3.28. The Balaban J connectivity index is 2.57. The number of nitriles is 1. The van der Waals surface area contributed by atoms with E-state index in [1.165, 1.54) is 32.0 Å². The van der Waals surface area contributed by atoms with Crippen molar-refractivity contribution in [1.82, 2.24) is 0 Å². The van der Waals surface area contributed by atoms with E-state index >= 15 is 4.39 Å². The molecule has 0 aromatic heterocycles. The topological polar surface area (TPSA) is 52.9 Å². The summed E-state index contributed by atoms with van der Waals surface area (Å²) < 4.78 is 83.6. The summed E-state index contributed by atoms with van der Waals surface area (Å²) >= 11 is 0. The van der Waals surface area contributed by atoms with E-state index in [0.717, 1.165) is 0 Å². The van der Waals surface area contributed by atoms with E-state index in [-0.39, 0.29) is 34.9 Å². The van der Waals surface area contributed by atoms with E-state index in [9.17, 15) is 26.7 Å². The highest BCUT2D eigenvalue weighted by Gasteiger charge is 2.71. The van der Waals surface area contributed by atoms with Crippen LogP contribution in [0.15, 0.2) is 43.0 Å². The minimum Gasteiger partial charge on any atom is -0.321 e. The predicted octanol–water partition coefficient (Wildman–Crippen LogP) is 6.54. The Morgan fingerprint density at radius 1 is 1.09 bits per heavy atom. The summed E-state index contributed by atoms with van der Waals surface area (Å²) in [6, 6.07) is 7.59. The fourth-order valence-electron chi connectivity index (χ4n) is 3.32. The Labute approximate surface area is 181 Å². The van der Waals surface area contributed by atoms with Crippen molar-refractivity contribution in [3.8, 4) is 6.07 Å². The number of alkyl halides is 6. The molecule has 1 amide bonds. The molecule has 0 heterocycles. The number of hydrogen-bond donors (Lipinski definition) is 1. The average Bonchev–Trinajstić information content (AvgIpc) is 2.73. The van der Waals surface area contributed by atoms with E-state index in [0.29, 0.717) is 23.3 Å². The van der Waals surface area contributed by atoms with Crippen LogP contribution in [-0.2, 0) is 12.1 Å². The maximum absolute atomic E-state index is 15.0. The highest BCUT2D eigenvalue weighted by molar-refractivity contribution is 6.05. The van der Waals surface area contributed by atoms with Crippen LogP contribution in [-0.4, -0.2) is 18.0 Å². The maximum Gasteiger partial charge on any atom is 0.433 e. The number of carbonyl (C=O) groups is 1. The molecule has 0 aliphatic carbocycles. The number of rotatable bonds is 6. The van der Waals surface area contributed by atoms with Crippen LogP contribution in [0.3, 0.4) is 0 Å². The lowest BCUT2D eigenvalue weighted by Gasteiger charge is -2.34. The van der Waals surface area contributed by atoms with Gasteiger partial charge in [-0.15, -0.1) is 0 Å². The van der Waals surface area contributed by atoms with E-state index in [2.05, 4.69) is 11.9 Å². The van der Waals surface area contributed by atoms with Crippen LogP contribution < -0.4 is 5.32 Å². The molecule has 9 heteroatoms. The molecule has 0 saturated carbocycles. The molecule has 0 spiro atoms. The number of nitrogens with zero attached hydrogens (tertiary/aromatic N) is 1. The highest BCUT2D eigenvalue weighted by atomic mass is 19.4. The van der Waals surface area contributed by atoms with Crippen LogP contribution >= 0.6 is 0 Å². The summed E-state index contributed by atoms with van der Waals surface area (Å²) in [4.78, 5) is 12.7. The van der Waals surface area contributed by atoms with Gasteiger partial charge in [-0.05, 0) is 67.3 Å². The van der Waals surface area contributed by atoms with Gasteiger partial charge in [-0.2, -0.15) is 27.2 Å². The minimum absolute atomic E-state index is 0.0239. The Morgan fingerprint density at radius 3 is 2.19 bits per heavy atom. The van der Waals surface area contributed by atoms with Gasteiger partial charge < -0.3 is 5.32 Å². The van der Waals surface area contributed by atoms with Crippen molar-refractivity contribution >= 4 is 11.6 Å². The molecule has 0 aliphatic heterocycles. The number of carbonyl (C=O) groups excluding carboxylic acids is 1. The van der Waals surface area contributed by atoms with E-state index in [1.54, 1.807) is 6.92 Å². The van der Waals surface area contributed by atoms with Crippen molar-refractivity contribution in [3.05, 3.63) is 76.4 Å². The zero-order valence-corrected chi connectivity index (χ0v) is 17.5. The molecule has 0 aliphatic rings. The summed E-state index contributed by atoms with van der Waals surface area (Å²) in [5.74, 6) is -5.55. The van der Waals surface area contributed by atoms with Gasteiger partial charge in [0.25, 0.3) is 11.6 Å². The van der Waals surface area contributed by atoms with Crippen molar-refractivity contribution < 1.29 is 31.1 Å². The van der Waals surface area contributed by atoms with Crippen molar-refractivity contribution in [2.24, 2.45) is 0 Å². The van der Waals surface area contributed by atoms with Gasteiger partial charge in [0.1, 0.15) is 0 Å². The summed E-state index contributed by atoms with van der Waals surface area (Å²) in [6.07, 6.45) is -6.26. The van der Waals surface area contributed by atoms with Gasteiger partial charge in [0.2, 0.25) is 0 Å². The maximum atomic E-state index is 15.0. The zero-order chi connectivity index (χ0) is 24.5. The smallest absolute Gasteiger partial charge is 0.321 e. The monoisotopic (exact) mass is 454 g/mol. The number of amides is 1. The molecule has 32 heavy (non-hydrogen) atoms. The number of halogens is 6. The van der Waals surface area contributed by atoms with Crippen LogP contribution in [0.1, 0.15) is 45.1 Å². The van der Waals surface area contributed by atoms with Gasteiger partial charge in [0.15, 0.2) is 0 Å². The molecule has 3 nitrogen and oxygen atoms in total. The van der Waals surface area contributed by atoms with Crippen molar-refractivity contribution in [2.75, 3.05) is 5.32 Å². The molecule has 2 aromatic rings. The number of anilines is 1. The number of allylic oxidation sites excluding steroid dienone is 1. The Kier molecular flexibility index (Phi) is 6.79. The first-order valence-corrected chi connectivity index (χ1v) is 9.46. The first-order valence-electron chi connectivity index (χ1n) is 9.46. The fourth-order valence-corrected chi connectivity index (χ4v) is 3.32. The molecule has 170 valence electrons. The zero-order valence-electron chi connectivity index (χ0n) is 17.5. The number of benzene rings is 2. The predicted molar refractivity (Wildman–Crippen MR) is 108 cm³/mol. The van der Waals surface area contributed by atoms with Gasteiger partial charge in [0, 0.05) is 16.8 Å². The van der Waals surface area contributed by atoms with Gasteiger partial charge in [-0.3, -0.25) is 4.79 Å². The summed E-state index contributed by atoms with van der Waals surface area (Å²) in [5, 5.41) is 11.5. The second-order valence-electron chi connectivity index (χ2n) is 7.26. The first kappa shape index (κ1) is 25.0. The molecule has 0 saturated heterocycles. The fraction of sp³-hybridized carbons (Fsp3) is 0.304. The van der Waals surface area contributed by atoms with E-state index < -0.39 is 29.2 Å². The molecule has 1 N–H and O–H groups in total. The first-order chi connectivity index (χ1) is 14.7. The van der Waals surface area contributed by atoms with Gasteiger partial charge in [0.05, 0.1) is 11.6 Å². The standard InChI is InChI=1S/C23H20F6N2O/c1-5-15-11-18(22(26,23(27,28)29)21(24,25)6-2)10-14(4)19(15)31-20(32)16-7-8-17(12-30)13(3)9-16/h6-11H,2,5H2,1,3-4H3,(H,31,32). The lowest BCUT2D eigenvalue weighted by Crippen LogP contribution is -2.51. The third-order valence-electron chi connectivity index (χ3n) is 5.15. The molecule has 0 bridgehead atoms. The van der Waals surface area contributed by atoms with Gasteiger partial charge in [-0.25, -0.2) is 4.39 Å². The van der Waals surface area contributed by atoms with Crippen LogP contribution in [0.2, 0.25) is 0 Å². The summed E-state index contributed by atoms with van der Waals surface area (Å²) in [6.45, 7) is 7.08. The third-order valence-corrected chi connectivity index (χ3v) is 5.15. The summed E-state index contributed by atoms with van der Waals surface area (Å²) in [7, 11) is 0. The average molecular weight is 454 g/mol. The molecule has 1 atom stereocenters. The lowest BCUT2D eigenvalue weighted by atomic mass is 9.85. The van der Waals surface area contributed by atoms with Crippen molar-refractivity contribution in [1.29, 1.82) is 5.26 Å². The van der Waals surface area contributed by atoms with Crippen molar-refractivity contribution in [2.45, 2.75) is 45.0 Å². The third kappa shape index (κ3) is 4.22. The van der Waals surface area contributed by atoms with E-state index in [4.69, 9.17) is 5.26 Å². The lowest BCUT2D eigenvalue weighted by molar-refractivity contribution is -0.296. The van der Waals surface area contributed by atoms with Gasteiger partial charge in [-0.1, -0.05) is 19.6 Å². The van der Waals surface area contributed by atoms with Crippen LogP contribution in [0.4, 0.5) is 32.0 Å². The second-order valence-corrected chi connectivity index (χ2v) is 7.26. The Bertz CT molecular complexity index is 1100. The quantitative estimate of drug-likeness (QED) is 0.398. The van der Waals surface area contributed by atoms with E-state index in [1.807, 2.05) is 6.07 Å². The molecule has 1 unspecified atom stereocenters. The van der Waals surface area contributed by atoms with Crippen LogP contribution in [0.5, 0.6) is 0 Å². The minimum atomic E-state index is -5.92. The number of aryl methyl sites for hydroxylation is 3. The Morgan fingerprint density at radius 2 is 1.72 bits per heavy atom. The molecular formula is C23H20F6N2O. The molecule has 2 aromatic carbocycles. The molecule has 0 fully saturated rings. The van der Waals surface area contributed by atoms with Crippen LogP contribution in [0.25, 0.3) is 0 Å². The number of nitrogens with one attached hydrogen (secondary N) is 1. The molecular weight excluding hydrogens is 434 g/mol. The van der Waals surface area contributed by atoms with Gasteiger partial charge >= 0.3 is 12.1 Å². The van der Waals surface area contributed by atoms with Crippen LogP contribution in [0, 0.1) is 25.2 Å². The summed E-state index contributed by atoms with van der Waals surface area (Å²) in [5.41, 5.74) is -5.07. The molecule has 2 rings (SSSR count). The number of hydrogen-bond acceptors (Lipinski definition) is 2. The largest absolute Gasteiger partial charge is 0.433 e. The van der Waals surface area contributed by atoms with Crippen molar-refractivity contribution in [3.63, 3.8) is 0 Å². The SMILES string of the molecule is C=CC(F)(F)C(F)(c1cc(C)c(NC(=O)c2ccc(C#N)c(C)c2)c(CC)c1)C(F)(F)F. The normalized spacial score (nSPS) is 13.8.